The van der Waals surface area contributed by atoms with Crippen LogP contribution in [0.15, 0.2) is 10.7 Å². The van der Waals surface area contributed by atoms with Gasteiger partial charge in [0.2, 0.25) is 0 Å². The lowest BCUT2D eigenvalue weighted by atomic mass is 10.1. The van der Waals surface area contributed by atoms with Crippen LogP contribution in [-0.2, 0) is 16.0 Å². The molecule has 17 heavy (non-hydrogen) atoms. The summed E-state index contributed by atoms with van der Waals surface area (Å²) in [5.41, 5.74) is -0.445. The summed E-state index contributed by atoms with van der Waals surface area (Å²) in [7, 11) is 2.51. The first kappa shape index (κ1) is 13.8. The number of carbonyl (C=O) groups is 1. The molecule has 0 aliphatic heterocycles. The molecule has 0 saturated heterocycles. The van der Waals surface area contributed by atoms with Crippen LogP contribution in [0.1, 0.15) is 17.7 Å². The molecule has 1 aromatic heterocycles. The van der Waals surface area contributed by atoms with Gasteiger partial charge in [-0.05, 0) is 15.9 Å². The number of hydrogen-bond acceptors (Lipinski definition) is 4. The highest BCUT2D eigenvalue weighted by atomic mass is 79.9. The van der Waals surface area contributed by atoms with E-state index in [0.717, 1.165) is 0 Å². The third-order valence-corrected chi connectivity index (χ3v) is 2.47. The molecule has 0 aromatic carbocycles. The number of alkyl halides is 2. The first-order valence-electron chi connectivity index (χ1n) is 4.57. The molecule has 1 aromatic rings. The Morgan fingerprint density at radius 1 is 1.53 bits per heavy atom. The van der Waals surface area contributed by atoms with E-state index in [1.54, 1.807) is 0 Å². The number of nitrogens with zero attached hydrogens (tertiary/aromatic N) is 1. The topological polar surface area (TPSA) is 48.4 Å². The molecule has 94 valence electrons. The minimum atomic E-state index is -2.79. The molecule has 1 rings (SSSR count). The molecule has 0 aliphatic carbocycles. The van der Waals surface area contributed by atoms with Crippen molar-refractivity contribution in [2.75, 3.05) is 14.2 Å². The lowest BCUT2D eigenvalue weighted by Crippen LogP contribution is -2.10. The van der Waals surface area contributed by atoms with Gasteiger partial charge in [0.15, 0.2) is 0 Å². The molecule has 0 saturated carbocycles. The van der Waals surface area contributed by atoms with E-state index in [0.29, 0.717) is 0 Å². The van der Waals surface area contributed by atoms with Gasteiger partial charge in [0.1, 0.15) is 16.0 Å². The highest BCUT2D eigenvalue weighted by Crippen LogP contribution is 2.31. The van der Waals surface area contributed by atoms with Gasteiger partial charge < -0.3 is 9.47 Å². The molecule has 0 amide bonds. The van der Waals surface area contributed by atoms with Crippen LogP contribution in [-0.4, -0.2) is 25.2 Å². The highest BCUT2D eigenvalue weighted by molar-refractivity contribution is 9.10. The highest BCUT2D eigenvalue weighted by Gasteiger charge is 2.22. The number of methoxy groups -OCH3 is 2. The molecule has 0 fully saturated rings. The number of pyridine rings is 1. The van der Waals surface area contributed by atoms with Crippen molar-refractivity contribution in [3.05, 3.63) is 21.9 Å². The third-order valence-electron chi connectivity index (χ3n) is 2.06. The van der Waals surface area contributed by atoms with Crippen molar-refractivity contribution >= 4 is 21.9 Å². The lowest BCUT2D eigenvalue weighted by Gasteiger charge is -2.12. The van der Waals surface area contributed by atoms with Gasteiger partial charge in [-0.3, -0.25) is 4.79 Å². The van der Waals surface area contributed by atoms with Crippen LogP contribution in [0.5, 0.6) is 5.75 Å². The van der Waals surface area contributed by atoms with E-state index in [4.69, 9.17) is 4.74 Å². The number of ether oxygens (including phenoxy) is 2. The van der Waals surface area contributed by atoms with Crippen molar-refractivity contribution < 1.29 is 23.0 Å². The molecule has 0 radical (unpaired) electrons. The zero-order chi connectivity index (χ0) is 13.0. The molecular formula is C10H10BrF2NO3. The van der Waals surface area contributed by atoms with Gasteiger partial charge in [0, 0.05) is 11.6 Å². The van der Waals surface area contributed by atoms with Crippen LogP contribution < -0.4 is 4.74 Å². The average Bonchev–Trinajstić information content (AvgIpc) is 2.30. The zero-order valence-corrected chi connectivity index (χ0v) is 10.8. The van der Waals surface area contributed by atoms with Gasteiger partial charge in [-0.2, -0.15) is 0 Å². The van der Waals surface area contributed by atoms with E-state index in [-0.39, 0.29) is 22.3 Å². The van der Waals surface area contributed by atoms with Crippen molar-refractivity contribution in [3.63, 3.8) is 0 Å². The summed E-state index contributed by atoms with van der Waals surface area (Å²) in [5.74, 6) is -0.457. The largest absolute Gasteiger partial charge is 0.496 e. The second-order valence-electron chi connectivity index (χ2n) is 3.06. The first-order chi connectivity index (χ1) is 7.99. The van der Waals surface area contributed by atoms with Crippen LogP contribution >= 0.6 is 15.9 Å². The van der Waals surface area contributed by atoms with Crippen LogP contribution in [0.2, 0.25) is 0 Å². The van der Waals surface area contributed by atoms with E-state index in [2.05, 4.69) is 25.7 Å². The smallest absolute Gasteiger partial charge is 0.310 e. The van der Waals surface area contributed by atoms with Crippen molar-refractivity contribution in [2.24, 2.45) is 0 Å². The van der Waals surface area contributed by atoms with Gasteiger partial charge in [0.05, 0.1) is 20.6 Å². The summed E-state index contributed by atoms with van der Waals surface area (Å²) in [6.07, 6.45) is -3.10. The quantitative estimate of drug-likeness (QED) is 0.633. The fourth-order valence-electron chi connectivity index (χ4n) is 1.29. The van der Waals surface area contributed by atoms with E-state index in [1.807, 2.05) is 0 Å². The maximum Gasteiger partial charge on any atom is 0.310 e. The number of halogens is 3. The number of aromatic nitrogens is 1. The molecule has 4 nitrogen and oxygen atoms in total. The lowest BCUT2D eigenvalue weighted by molar-refractivity contribution is -0.139. The fraction of sp³-hybridized carbons (Fsp3) is 0.400. The Bertz CT molecular complexity index is 426. The van der Waals surface area contributed by atoms with Crippen LogP contribution in [0.4, 0.5) is 8.78 Å². The molecule has 0 N–H and O–H groups in total. The molecule has 0 aliphatic rings. The van der Waals surface area contributed by atoms with Crippen LogP contribution in [0.25, 0.3) is 0 Å². The second-order valence-corrected chi connectivity index (χ2v) is 3.88. The van der Waals surface area contributed by atoms with Gasteiger partial charge in [-0.15, -0.1) is 0 Å². The van der Waals surface area contributed by atoms with E-state index in [1.165, 1.54) is 20.3 Å². The Hall–Kier alpha value is -1.24. The zero-order valence-electron chi connectivity index (χ0n) is 9.17. The van der Waals surface area contributed by atoms with Gasteiger partial charge >= 0.3 is 5.97 Å². The summed E-state index contributed by atoms with van der Waals surface area (Å²) < 4.78 is 35.2. The maximum atomic E-state index is 12.8. The predicted molar refractivity (Wildman–Crippen MR) is 59.2 cm³/mol. The van der Waals surface area contributed by atoms with Crippen LogP contribution in [0, 0.1) is 0 Å². The molecular weight excluding hydrogens is 300 g/mol. The minimum absolute atomic E-state index is 0.0394. The molecule has 0 unspecified atom stereocenters. The van der Waals surface area contributed by atoms with Gasteiger partial charge in [0.25, 0.3) is 6.43 Å². The Kier molecular flexibility index (Phi) is 4.80. The molecule has 7 heteroatoms. The van der Waals surface area contributed by atoms with Gasteiger partial charge in [-0.25, -0.2) is 13.8 Å². The number of esters is 1. The fourth-order valence-corrected chi connectivity index (χ4v) is 1.69. The Morgan fingerprint density at radius 2 is 2.18 bits per heavy atom. The predicted octanol–water partition coefficient (Wildman–Crippen LogP) is 2.51. The normalized spacial score (nSPS) is 10.5. The Labute approximate surface area is 105 Å². The van der Waals surface area contributed by atoms with Crippen molar-refractivity contribution in [3.8, 4) is 5.75 Å². The standard InChI is InChI=1S/C10H10BrF2NO3/c1-16-6-4-7(11)14-9(10(12)13)5(6)3-8(15)17-2/h4,10H,3H2,1-2H3. The van der Waals surface area contributed by atoms with Crippen LogP contribution in [0.3, 0.4) is 0 Å². The van der Waals surface area contributed by atoms with Gasteiger partial charge in [-0.1, -0.05) is 0 Å². The summed E-state index contributed by atoms with van der Waals surface area (Å²) >= 11 is 3.00. The molecule has 0 atom stereocenters. The average molecular weight is 310 g/mol. The van der Waals surface area contributed by atoms with E-state index in [9.17, 15) is 13.6 Å². The van der Waals surface area contributed by atoms with Crippen molar-refractivity contribution in [2.45, 2.75) is 12.8 Å². The van der Waals surface area contributed by atoms with Crippen molar-refractivity contribution in [1.82, 2.24) is 4.98 Å². The third kappa shape index (κ3) is 3.36. The number of hydrogen-bond donors (Lipinski definition) is 0. The summed E-state index contributed by atoms with van der Waals surface area (Å²) in [4.78, 5) is 14.8. The second kappa shape index (κ2) is 5.90. The Morgan fingerprint density at radius 3 is 2.65 bits per heavy atom. The SMILES string of the molecule is COC(=O)Cc1c(OC)cc(Br)nc1C(F)F. The maximum absolute atomic E-state index is 12.8. The first-order valence-corrected chi connectivity index (χ1v) is 5.37. The summed E-state index contributed by atoms with van der Waals surface area (Å²) in [6, 6.07) is 1.42. The number of carbonyl (C=O) groups excluding carboxylic acids is 1. The van der Waals surface area contributed by atoms with E-state index < -0.39 is 18.1 Å². The van der Waals surface area contributed by atoms with E-state index >= 15 is 0 Å². The molecule has 0 bridgehead atoms. The monoisotopic (exact) mass is 309 g/mol. The van der Waals surface area contributed by atoms with Crippen molar-refractivity contribution in [1.29, 1.82) is 0 Å². The number of rotatable bonds is 4. The summed E-state index contributed by atoms with van der Waals surface area (Å²) in [5, 5.41) is 0. The Balaban J connectivity index is 3.26. The molecule has 1 heterocycles. The minimum Gasteiger partial charge on any atom is -0.496 e. The summed E-state index contributed by atoms with van der Waals surface area (Å²) in [6.45, 7) is 0. The molecule has 0 spiro atoms.